The second kappa shape index (κ2) is 5.01. The van der Waals surface area contributed by atoms with Crippen molar-refractivity contribution in [2.45, 2.75) is 51.0 Å². The molecule has 1 heteroatoms. The summed E-state index contributed by atoms with van der Waals surface area (Å²) in [6, 6.07) is 10.9. The molecule has 88 valence electrons. The zero-order valence-electron chi connectivity index (χ0n) is 10.4. The summed E-state index contributed by atoms with van der Waals surface area (Å²) in [6.07, 6.45) is 5.27. The van der Waals surface area contributed by atoms with Crippen molar-refractivity contribution in [1.82, 2.24) is 0 Å². The molecule has 1 nitrogen and oxygen atoms in total. The van der Waals surface area contributed by atoms with E-state index in [-0.39, 0.29) is 5.41 Å². The second-order valence-corrected chi connectivity index (χ2v) is 5.04. The summed E-state index contributed by atoms with van der Waals surface area (Å²) in [4.78, 5) is 0. The number of hydrogen-bond acceptors (Lipinski definition) is 1. The topological polar surface area (TPSA) is 9.23 Å². The van der Waals surface area contributed by atoms with Crippen molar-refractivity contribution in [3.05, 3.63) is 35.9 Å². The van der Waals surface area contributed by atoms with Gasteiger partial charge in [0, 0.05) is 12.0 Å². The van der Waals surface area contributed by atoms with E-state index in [2.05, 4.69) is 44.2 Å². The minimum absolute atomic E-state index is 0.201. The maximum Gasteiger partial charge on any atom is 0.0669 e. The van der Waals surface area contributed by atoms with Crippen molar-refractivity contribution in [2.24, 2.45) is 0 Å². The van der Waals surface area contributed by atoms with Crippen LogP contribution in [0.4, 0.5) is 0 Å². The van der Waals surface area contributed by atoms with E-state index in [0.29, 0.717) is 6.10 Å². The molecule has 1 fully saturated rings. The Bertz CT molecular complexity index is 313. The van der Waals surface area contributed by atoms with Crippen molar-refractivity contribution in [3.63, 3.8) is 0 Å². The Morgan fingerprint density at radius 2 is 2.06 bits per heavy atom. The van der Waals surface area contributed by atoms with Crippen molar-refractivity contribution in [3.8, 4) is 0 Å². The molecule has 1 saturated heterocycles. The van der Waals surface area contributed by atoms with Crippen LogP contribution in [-0.4, -0.2) is 12.7 Å². The first-order valence-electron chi connectivity index (χ1n) is 6.44. The SMILES string of the molecule is CCCC(C)(c1ccccc1)C1CCCO1. The van der Waals surface area contributed by atoms with Crippen LogP contribution < -0.4 is 0 Å². The second-order valence-electron chi connectivity index (χ2n) is 5.04. The Balaban J connectivity index is 2.27. The highest BCUT2D eigenvalue weighted by atomic mass is 16.5. The van der Waals surface area contributed by atoms with E-state index < -0.39 is 0 Å². The molecule has 0 aromatic heterocycles. The number of ether oxygens (including phenoxy) is 1. The van der Waals surface area contributed by atoms with Gasteiger partial charge >= 0.3 is 0 Å². The Hall–Kier alpha value is -0.820. The van der Waals surface area contributed by atoms with E-state index in [1.54, 1.807) is 0 Å². The third kappa shape index (κ3) is 2.15. The van der Waals surface area contributed by atoms with Crippen LogP contribution in [0.25, 0.3) is 0 Å². The van der Waals surface area contributed by atoms with Crippen molar-refractivity contribution in [1.29, 1.82) is 0 Å². The van der Waals surface area contributed by atoms with Crippen LogP contribution >= 0.6 is 0 Å². The first-order valence-corrected chi connectivity index (χ1v) is 6.44. The standard InChI is InChI=1S/C15H22O/c1-3-11-15(2,14-10-7-12-16-14)13-8-5-4-6-9-13/h4-6,8-9,14H,3,7,10-12H2,1-2H3. The fraction of sp³-hybridized carbons (Fsp3) is 0.600. The average Bonchev–Trinajstić information content (AvgIpc) is 2.84. The summed E-state index contributed by atoms with van der Waals surface area (Å²) < 4.78 is 5.93. The number of benzene rings is 1. The van der Waals surface area contributed by atoms with Crippen LogP contribution in [0.2, 0.25) is 0 Å². The molecule has 0 aliphatic carbocycles. The van der Waals surface area contributed by atoms with Gasteiger partial charge < -0.3 is 4.74 Å². The third-order valence-corrected chi connectivity index (χ3v) is 3.84. The number of hydrogen-bond donors (Lipinski definition) is 0. The van der Waals surface area contributed by atoms with Crippen molar-refractivity contribution >= 4 is 0 Å². The lowest BCUT2D eigenvalue weighted by Gasteiger charge is -2.35. The molecule has 0 amide bonds. The lowest BCUT2D eigenvalue weighted by Crippen LogP contribution is -2.36. The van der Waals surface area contributed by atoms with Crippen molar-refractivity contribution < 1.29 is 4.74 Å². The minimum atomic E-state index is 0.201. The lowest BCUT2D eigenvalue weighted by molar-refractivity contribution is 0.0453. The molecule has 0 spiro atoms. The van der Waals surface area contributed by atoms with Gasteiger partial charge in [-0.3, -0.25) is 0 Å². The first-order chi connectivity index (χ1) is 7.77. The Kier molecular flexibility index (Phi) is 3.65. The Labute approximate surface area is 98.8 Å². The maximum absolute atomic E-state index is 5.93. The molecule has 0 radical (unpaired) electrons. The molecule has 16 heavy (non-hydrogen) atoms. The largest absolute Gasteiger partial charge is 0.377 e. The zero-order chi connectivity index (χ0) is 11.4. The van der Waals surface area contributed by atoms with Crippen LogP contribution in [0.5, 0.6) is 0 Å². The highest BCUT2D eigenvalue weighted by molar-refractivity contribution is 5.26. The maximum atomic E-state index is 5.93. The quantitative estimate of drug-likeness (QED) is 0.744. The van der Waals surface area contributed by atoms with Crippen LogP contribution in [-0.2, 0) is 10.2 Å². The molecule has 0 bridgehead atoms. The zero-order valence-corrected chi connectivity index (χ0v) is 10.4. The molecule has 1 aliphatic heterocycles. The third-order valence-electron chi connectivity index (χ3n) is 3.84. The van der Waals surface area contributed by atoms with Gasteiger partial charge in [-0.05, 0) is 24.8 Å². The first kappa shape index (κ1) is 11.7. The summed E-state index contributed by atoms with van der Waals surface area (Å²) in [7, 11) is 0. The van der Waals surface area contributed by atoms with E-state index in [4.69, 9.17) is 4.74 Å². The van der Waals surface area contributed by atoms with Gasteiger partial charge in [0.05, 0.1) is 6.10 Å². The van der Waals surface area contributed by atoms with E-state index >= 15 is 0 Å². The van der Waals surface area contributed by atoms with E-state index in [9.17, 15) is 0 Å². The molecule has 2 unspecified atom stereocenters. The van der Waals surface area contributed by atoms with Gasteiger partial charge in [-0.1, -0.05) is 50.6 Å². The Morgan fingerprint density at radius 3 is 2.62 bits per heavy atom. The molecule has 1 aliphatic rings. The smallest absolute Gasteiger partial charge is 0.0669 e. The number of rotatable bonds is 4. The fourth-order valence-corrected chi connectivity index (χ4v) is 2.91. The predicted octanol–water partition coefficient (Wildman–Crippen LogP) is 3.92. The monoisotopic (exact) mass is 218 g/mol. The van der Waals surface area contributed by atoms with Gasteiger partial charge in [0.15, 0.2) is 0 Å². The summed E-state index contributed by atoms with van der Waals surface area (Å²) >= 11 is 0. The van der Waals surface area contributed by atoms with Crippen LogP contribution in [0.3, 0.4) is 0 Å². The summed E-state index contributed by atoms with van der Waals surface area (Å²) in [5.41, 5.74) is 1.63. The van der Waals surface area contributed by atoms with Gasteiger partial charge in [0.2, 0.25) is 0 Å². The highest BCUT2D eigenvalue weighted by Crippen LogP contribution is 2.38. The van der Waals surface area contributed by atoms with E-state index in [0.717, 1.165) is 6.61 Å². The molecule has 0 saturated carbocycles. The predicted molar refractivity (Wildman–Crippen MR) is 67.7 cm³/mol. The van der Waals surface area contributed by atoms with Crippen molar-refractivity contribution in [2.75, 3.05) is 6.61 Å². The van der Waals surface area contributed by atoms with Crippen LogP contribution in [0.15, 0.2) is 30.3 Å². The van der Waals surface area contributed by atoms with Gasteiger partial charge in [-0.25, -0.2) is 0 Å². The van der Waals surface area contributed by atoms with Crippen LogP contribution in [0, 0.1) is 0 Å². The molecular weight excluding hydrogens is 196 g/mol. The fourth-order valence-electron chi connectivity index (χ4n) is 2.91. The molecule has 1 aromatic carbocycles. The molecule has 0 N–H and O–H groups in total. The van der Waals surface area contributed by atoms with Gasteiger partial charge in [-0.2, -0.15) is 0 Å². The van der Waals surface area contributed by atoms with Crippen LogP contribution in [0.1, 0.15) is 45.1 Å². The van der Waals surface area contributed by atoms with E-state index in [1.807, 2.05) is 0 Å². The highest BCUT2D eigenvalue weighted by Gasteiger charge is 2.37. The minimum Gasteiger partial charge on any atom is -0.377 e. The van der Waals surface area contributed by atoms with Gasteiger partial charge in [0.25, 0.3) is 0 Å². The molecule has 1 heterocycles. The lowest BCUT2D eigenvalue weighted by atomic mass is 9.73. The Morgan fingerprint density at radius 1 is 1.31 bits per heavy atom. The molecular formula is C15H22O. The summed E-state index contributed by atoms with van der Waals surface area (Å²) in [5.74, 6) is 0. The van der Waals surface area contributed by atoms with Gasteiger partial charge in [-0.15, -0.1) is 0 Å². The van der Waals surface area contributed by atoms with E-state index in [1.165, 1.54) is 31.2 Å². The van der Waals surface area contributed by atoms with Gasteiger partial charge in [0.1, 0.15) is 0 Å². The molecule has 2 rings (SSSR count). The molecule has 2 atom stereocenters. The molecule has 1 aromatic rings. The summed E-state index contributed by atoms with van der Waals surface area (Å²) in [6.45, 7) is 5.56. The normalized spacial score (nSPS) is 24.2. The summed E-state index contributed by atoms with van der Waals surface area (Å²) in [5, 5.41) is 0. The average molecular weight is 218 g/mol.